The van der Waals surface area contributed by atoms with Crippen molar-refractivity contribution in [3.8, 4) is 0 Å². The summed E-state index contributed by atoms with van der Waals surface area (Å²) in [7, 11) is 0. The van der Waals surface area contributed by atoms with Gasteiger partial charge in [0.25, 0.3) is 0 Å². The number of rotatable bonds is 8. The third-order valence-corrected chi connectivity index (χ3v) is 8.30. The zero-order valence-electron chi connectivity index (χ0n) is 20.3. The molecule has 1 aromatic carbocycles. The van der Waals surface area contributed by atoms with Crippen LogP contribution in [0.1, 0.15) is 55.5 Å². The second-order valence-electron chi connectivity index (χ2n) is 9.99. The normalized spacial score (nSPS) is 22.0. The van der Waals surface area contributed by atoms with Crippen molar-refractivity contribution in [3.05, 3.63) is 34.8 Å². The van der Waals surface area contributed by atoms with Crippen LogP contribution in [0, 0.1) is 11.8 Å². The van der Waals surface area contributed by atoms with Gasteiger partial charge in [-0.25, -0.2) is 0 Å². The van der Waals surface area contributed by atoms with Crippen molar-refractivity contribution < 1.29 is 14.3 Å². The number of carbonyl (C=O) groups is 2. The van der Waals surface area contributed by atoms with E-state index < -0.39 is 0 Å². The molecule has 1 saturated carbocycles. The minimum absolute atomic E-state index is 0.0166. The Labute approximate surface area is 211 Å². The molecule has 0 spiro atoms. The topological polar surface area (TPSA) is 87.7 Å². The van der Waals surface area contributed by atoms with Crippen LogP contribution in [0.2, 0.25) is 0 Å². The molecule has 1 unspecified atom stereocenters. The largest absolute Gasteiger partial charge is 0.380 e. The summed E-state index contributed by atoms with van der Waals surface area (Å²) in [4.78, 5) is 29.7. The molecule has 5 rings (SSSR count). The summed E-state index contributed by atoms with van der Waals surface area (Å²) in [5, 5.41) is 12.8. The molecule has 1 N–H and O–H groups in total. The Morgan fingerprint density at radius 1 is 1.09 bits per heavy atom. The third kappa shape index (κ3) is 6.45. The van der Waals surface area contributed by atoms with Crippen molar-refractivity contribution >= 4 is 34.0 Å². The number of anilines is 2. The first-order valence-corrected chi connectivity index (χ1v) is 13.8. The molecule has 8 nitrogen and oxygen atoms in total. The van der Waals surface area contributed by atoms with Crippen LogP contribution < -0.4 is 10.2 Å². The quantitative estimate of drug-likeness (QED) is 0.596. The van der Waals surface area contributed by atoms with Gasteiger partial charge in [-0.05, 0) is 36.5 Å². The van der Waals surface area contributed by atoms with Gasteiger partial charge in [0, 0.05) is 51.3 Å². The summed E-state index contributed by atoms with van der Waals surface area (Å²) in [6.45, 7) is 4.87. The average Bonchev–Trinajstić information content (AvgIpc) is 3.58. The maximum Gasteiger partial charge on any atom is 0.231 e. The van der Waals surface area contributed by atoms with Gasteiger partial charge in [-0.3, -0.25) is 14.5 Å². The Bertz CT molecular complexity index is 997. The SMILES string of the molecule is O=C(Nc1nnc(CCC2CCCC2)s1)C1CC(=O)N(c2ccc(CN3CCCOCC3)cc2)C1. The van der Waals surface area contributed by atoms with Crippen molar-refractivity contribution in [2.75, 3.05) is 43.1 Å². The van der Waals surface area contributed by atoms with Crippen molar-refractivity contribution in [3.63, 3.8) is 0 Å². The van der Waals surface area contributed by atoms with E-state index in [9.17, 15) is 9.59 Å². The van der Waals surface area contributed by atoms with Gasteiger partial charge >= 0.3 is 0 Å². The van der Waals surface area contributed by atoms with Crippen molar-refractivity contribution in [2.24, 2.45) is 11.8 Å². The summed E-state index contributed by atoms with van der Waals surface area (Å²) in [6.07, 6.45) is 8.69. The van der Waals surface area contributed by atoms with Crippen LogP contribution in [0.25, 0.3) is 0 Å². The molecule has 0 radical (unpaired) electrons. The van der Waals surface area contributed by atoms with E-state index in [1.165, 1.54) is 42.6 Å². The number of ether oxygens (including phenoxy) is 1. The highest BCUT2D eigenvalue weighted by atomic mass is 32.1. The summed E-state index contributed by atoms with van der Waals surface area (Å²) >= 11 is 1.45. The fourth-order valence-corrected chi connectivity index (χ4v) is 6.13. The molecular formula is C26H35N5O3S. The summed E-state index contributed by atoms with van der Waals surface area (Å²) < 4.78 is 5.53. The second-order valence-corrected chi connectivity index (χ2v) is 11.1. The maximum atomic E-state index is 12.9. The summed E-state index contributed by atoms with van der Waals surface area (Å²) in [5.41, 5.74) is 2.06. The Balaban J connectivity index is 1.12. The molecule has 1 aliphatic carbocycles. The predicted octanol–water partition coefficient (Wildman–Crippen LogP) is 3.87. The van der Waals surface area contributed by atoms with Crippen LogP contribution in [-0.4, -0.2) is 59.8 Å². The zero-order chi connectivity index (χ0) is 24.0. The van der Waals surface area contributed by atoms with Gasteiger partial charge in [0.2, 0.25) is 16.9 Å². The van der Waals surface area contributed by atoms with Crippen LogP contribution >= 0.6 is 11.3 Å². The fraction of sp³-hybridized carbons (Fsp3) is 0.615. The Morgan fingerprint density at radius 3 is 2.74 bits per heavy atom. The lowest BCUT2D eigenvalue weighted by molar-refractivity contribution is -0.122. The zero-order valence-corrected chi connectivity index (χ0v) is 21.1. The number of nitrogens with zero attached hydrogens (tertiary/aromatic N) is 4. The molecule has 3 fully saturated rings. The Hall–Kier alpha value is -2.36. The van der Waals surface area contributed by atoms with E-state index in [1.54, 1.807) is 4.90 Å². The van der Waals surface area contributed by atoms with E-state index in [-0.39, 0.29) is 24.2 Å². The number of hydrogen-bond acceptors (Lipinski definition) is 7. The highest BCUT2D eigenvalue weighted by molar-refractivity contribution is 7.15. The highest BCUT2D eigenvalue weighted by Crippen LogP contribution is 2.30. The van der Waals surface area contributed by atoms with E-state index in [0.717, 1.165) is 68.7 Å². The fourth-order valence-electron chi connectivity index (χ4n) is 5.37. The molecule has 3 heterocycles. The van der Waals surface area contributed by atoms with Crippen LogP contribution in [0.15, 0.2) is 24.3 Å². The number of hydrogen-bond donors (Lipinski definition) is 1. The van der Waals surface area contributed by atoms with Crippen molar-refractivity contribution in [1.29, 1.82) is 0 Å². The molecule has 1 aromatic heterocycles. The van der Waals surface area contributed by atoms with Crippen LogP contribution in [0.4, 0.5) is 10.8 Å². The van der Waals surface area contributed by atoms with E-state index >= 15 is 0 Å². The first kappa shape index (κ1) is 24.3. The van der Waals surface area contributed by atoms with Gasteiger partial charge in [0.05, 0.1) is 12.5 Å². The summed E-state index contributed by atoms with van der Waals surface area (Å²) in [5.74, 6) is 0.256. The lowest BCUT2D eigenvalue weighted by atomic mass is 10.0. The Morgan fingerprint density at radius 2 is 1.91 bits per heavy atom. The van der Waals surface area contributed by atoms with Crippen molar-refractivity contribution in [2.45, 2.75) is 57.9 Å². The number of carbonyl (C=O) groups excluding carboxylic acids is 2. The molecule has 2 aromatic rings. The van der Waals surface area contributed by atoms with E-state index in [1.807, 2.05) is 12.1 Å². The van der Waals surface area contributed by atoms with Crippen LogP contribution in [0.5, 0.6) is 0 Å². The third-order valence-electron chi connectivity index (χ3n) is 7.40. The molecule has 2 aliphatic heterocycles. The lowest BCUT2D eigenvalue weighted by Crippen LogP contribution is -2.28. The first-order chi connectivity index (χ1) is 17.1. The van der Waals surface area contributed by atoms with Crippen LogP contribution in [0.3, 0.4) is 0 Å². The number of aromatic nitrogens is 2. The Kier molecular flexibility index (Phi) is 8.06. The second kappa shape index (κ2) is 11.6. The number of nitrogens with one attached hydrogen (secondary N) is 1. The van der Waals surface area contributed by atoms with Gasteiger partial charge < -0.3 is 15.0 Å². The molecular weight excluding hydrogens is 462 g/mol. The standard InChI is InChI=1S/C26H35N5O3S/c32-24-16-21(25(33)27-26-29-28-23(35-26)11-8-19-4-1-2-5-19)18-31(24)22-9-6-20(7-10-22)17-30-12-3-14-34-15-13-30/h6-7,9-10,19,21H,1-5,8,11-18H2,(H,27,29,33). The average molecular weight is 498 g/mol. The minimum atomic E-state index is -0.384. The highest BCUT2D eigenvalue weighted by Gasteiger charge is 2.35. The molecule has 2 saturated heterocycles. The molecule has 0 bridgehead atoms. The van der Waals surface area contributed by atoms with E-state index in [0.29, 0.717) is 11.7 Å². The van der Waals surface area contributed by atoms with Crippen molar-refractivity contribution in [1.82, 2.24) is 15.1 Å². The van der Waals surface area contributed by atoms with Gasteiger partial charge in [-0.2, -0.15) is 0 Å². The summed E-state index contributed by atoms with van der Waals surface area (Å²) in [6, 6.07) is 8.14. The molecule has 2 amide bonds. The van der Waals surface area contributed by atoms with Gasteiger partial charge in [-0.15, -0.1) is 10.2 Å². The minimum Gasteiger partial charge on any atom is -0.380 e. The van der Waals surface area contributed by atoms with Gasteiger partial charge in [0.15, 0.2) is 0 Å². The molecule has 188 valence electrons. The van der Waals surface area contributed by atoms with Gasteiger partial charge in [-0.1, -0.05) is 49.2 Å². The van der Waals surface area contributed by atoms with E-state index in [4.69, 9.17) is 4.74 Å². The van der Waals surface area contributed by atoms with Crippen LogP contribution in [-0.2, 0) is 27.3 Å². The van der Waals surface area contributed by atoms with E-state index in [2.05, 4.69) is 32.5 Å². The number of benzene rings is 1. The molecule has 35 heavy (non-hydrogen) atoms. The number of aryl methyl sites for hydroxylation is 1. The lowest BCUT2D eigenvalue weighted by Gasteiger charge is -2.20. The monoisotopic (exact) mass is 497 g/mol. The van der Waals surface area contributed by atoms with Gasteiger partial charge in [0.1, 0.15) is 5.01 Å². The first-order valence-electron chi connectivity index (χ1n) is 13.0. The molecule has 9 heteroatoms. The smallest absolute Gasteiger partial charge is 0.231 e. The number of amides is 2. The predicted molar refractivity (Wildman–Crippen MR) is 136 cm³/mol. The maximum absolute atomic E-state index is 12.9. The molecule has 1 atom stereocenters. The molecule has 3 aliphatic rings.